The first-order chi connectivity index (χ1) is 12.3. The highest BCUT2D eigenvalue weighted by atomic mass is 16.5. The molecule has 2 atom stereocenters. The highest BCUT2D eigenvalue weighted by Gasteiger charge is 2.46. The van der Waals surface area contributed by atoms with Crippen LogP contribution in [0.25, 0.3) is 5.65 Å². The number of ether oxygens (including phenoxy) is 1. The molecule has 6 heteroatoms. The summed E-state index contributed by atoms with van der Waals surface area (Å²) in [5, 5.41) is 14.8. The van der Waals surface area contributed by atoms with Gasteiger partial charge >= 0.3 is 0 Å². The number of piperidine rings is 1. The molecule has 2 aromatic heterocycles. The summed E-state index contributed by atoms with van der Waals surface area (Å²) in [6, 6.07) is 6.13. The summed E-state index contributed by atoms with van der Waals surface area (Å²) in [5.74, 6) is 0. The average molecular weight is 358 g/mol. The SMILES string of the molecule is CC(C)(C)[C@H]1C[C@@H](O)CC2(CCN(Cc3cccc4ncnn34)CC2)O1. The van der Waals surface area contributed by atoms with Crippen molar-refractivity contribution in [3.63, 3.8) is 0 Å². The predicted octanol–water partition coefficient (Wildman–Crippen LogP) is 2.65. The van der Waals surface area contributed by atoms with Gasteiger partial charge in [0.15, 0.2) is 5.65 Å². The van der Waals surface area contributed by atoms with Gasteiger partial charge in [-0.3, -0.25) is 4.90 Å². The van der Waals surface area contributed by atoms with E-state index in [-0.39, 0.29) is 23.2 Å². The van der Waals surface area contributed by atoms with E-state index < -0.39 is 0 Å². The van der Waals surface area contributed by atoms with Gasteiger partial charge in [0.05, 0.1) is 23.5 Å². The first-order valence-electron chi connectivity index (χ1n) is 9.71. The Morgan fingerprint density at radius 3 is 2.77 bits per heavy atom. The molecule has 2 fully saturated rings. The van der Waals surface area contributed by atoms with Gasteiger partial charge in [-0.25, -0.2) is 9.50 Å². The smallest absolute Gasteiger partial charge is 0.155 e. The normalized spacial score (nSPS) is 27.2. The lowest BCUT2D eigenvalue weighted by atomic mass is 9.76. The van der Waals surface area contributed by atoms with E-state index >= 15 is 0 Å². The molecule has 4 heterocycles. The van der Waals surface area contributed by atoms with Crippen LogP contribution in [0.3, 0.4) is 0 Å². The standard InChI is InChI=1S/C20H30N4O2/c1-19(2,3)17-11-16(25)12-20(26-17)7-9-23(10-8-20)13-15-5-4-6-18-21-14-22-24(15)18/h4-6,14,16-17,25H,7-13H2,1-3H3/t16-,17-/m1/s1. The van der Waals surface area contributed by atoms with E-state index in [2.05, 4.69) is 41.8 Å². The molecule has 2 aromatic rings. The number of hydrogen-bond donors (Lipinski definition) is 1. The summed E-state index contributed by atoms with van der Waals surface area (Å²) in [4.78, 5) is 6.72. The van der Waals surface area contributed by atoms with Crippen LogP contribution in [0.5, 0.6) is 0 Å². The fraction of sp³-hybridized carbons (Fsp3) is 0.700. The second kappa shape index (κ2) is 6.59. The van der Waals surface area contributed by atoms with E-state index in [9.17, 15) is 5.11 Å². The van der Waals surface area contributed by atoms with Crippen LogP contribution in [0, 0.1) is 5.41 Å². The minimum atomic E-state index is -0.247. The molecule has 26 heavy (non-hydrogen) atoms. The van der Waals surface area contributed by atoms with Crippen LogP contribution in [0.2, 0.25) is 0 Å². The van der Waals surface area contributed by atoms with Crippen molar-refractivity contribution in [1.29, 1.82) is 0 Å². The van der Waals surface area contributed by atoms with Gasteiger partial charge in [-0.2, -0.15) is 5.10 Å². The van der Waals surface area contributed by atoms with Crippen LogP contribution in [0.15, 0.2) is 24.5 Å². The largest absolute Gasteiger partial charge is 0.393 e. The van der Waals surface area contributed by atoms with Crippen LogP contribution in [0.1, 0.15) is 52.1 Å². The van der Waals surface area contributed by atoms with Crippen molar-refractivity contribution in [2.45, 2.75) is 70.8 Å². The number of rotatable bonds is 2. The summed E-state index contributed by atoms with van der Waals surface area (Å²) in [6.45, 7) is 9.44. The number of aromatic nitrogens is 3. The maximum atomic E-state index is 10.4. The van der Waals surface area contributed by atoms with E-state index in [1.165, 1.54) is 0 Å². The Morgan fingerprint density at radius 1 is 1.27 bits per heavy atom. The molecule has 0 amide bonds. The van der Waals surface area contributed by atoms with Crippen LogP contribution < -0.4 is 0 Å². The Bertz CT molecular complexity index is 759. The Morgan fingerprint density at radius 2 is 2.04 bits per heavy atom. The molecule has 0 unspecified atom stereocenters. The van der Waals surface area contributed by atoms with Crippen LogP contribution in [-0.2, 0) is 11.3 Å². The second-order valence-corrected chi connectivity index (χ2v) is 9.07. The number of nitrogens with zero attached hydrogens (tertiary/aromatic N) is 4. The van der Waals surface area contributed by atoms with Crippen molar-refractivity contribution in [3.8, 4) is 0 Å². The van der Waals surface area contributed by atoms with Gasteiger partial charge in [-0.05, 0) is 30.4 Å². The topological polar surface area (TPSA) is 62.9 Å². The molecule has 1 N–H and O–H groups in total. The molecular weight excluding hydrogens is 328 g/mol. The van der Waals surface area contributed by atoms with E-state index in [1.807, 2.05) is 16.6 Å². The van der Waals surface area contributed by atoms with E-state index in [0.29, 0.717) is 0 Å². The Balaban J connectivity index is 1.43. The fourth-order valence-electron chi connectivity index (χ4n) is 4.38. The Kier molecular flexibility index (Phi) is 4.53. The lowest BCUT2D eigenvalue weighted by Gasteiger charge is -2.50. The number of likely N-dealkylation sites (tertiary alicyclic amines) is 1. The molecular formula is C20H30N4O2. The van der Waals surface area contributed by atoms with Crippen molar-refractivity contribution in [2.75, 3.05) is 13.1 Å². The molecule has 4 rings (SSSR count). The zero-order valence-corrected chi connectivity index (χ0v) is 16.1. The molecule has 2 aliphatic rings. The molecule has 1 spiro atoms. The predicted molar refractivity (Wildman–Crippen MR) is 99.8 cm³/mol. The van der Waals surface area contributed by atoms with Crippen molar-refractivity contribution in [1.82, 2.24) is 19.5 Å². The highest BCUT2D eigenvalue weighted by Crippen LogP contribution is 2.42. The molecule has 0 bridgehead atoms. The fourth-order valence-corrected chi connectivity index (χ4v) is 4.38. The number of aliphatic hydroxyl groups is 1. The molecule has 0 saturated carbocycles. The van der Waals surface area contributed by atoms with Crippen LogP contribution >= 0.6 is 0 Å². The van der Waals surface area contributed by atoms with Gasteiger partial charge < -0.3 is 9.84 Å². The van der Waals surface area contributed by atoms with Gasteiger partial charge in [0.25, 0.3) is 0 Å². The summed E-state index contributed by atoms with van der Waals surface area (Å²) in [7, 11) is 0. The molecule has 2 saturated heterocycles. The third-order valence-corrected chi connectivity index (χ3v) is 5.98. The molecule has 6 nitrogen and oxygen atoms in total. The quantitative estimate of drug-likeness (QED) is 0.894. The van der Waals surface area contributed by atoms with Gasteiger partial charge in [-0.1, -0.05) is 26.8 Å². The number of fused-ring (bicyclic) bond motifs is 1. The Hall–Kier alpha value is -1.50. The minimum absolute atomic E-state index is 0.0638. The van der Waals surface area contributed by atoms with Gasteiger partial charge in [-0.15, -0.1) is 0 Å². The lowest BCUT2D eigenvalue weighted by molar-refractivity contribution is -0.208. The van der Waals surface area contributed by atoms with Crippen LogP contribution in [0.4, 0.5) is 0 Å². The van der Waals surface area contributed by atoms with Crippen LogP contribution in [-0.4, -0.2) is 55.5 Å². The van der Waals surface area contributed by atoms with Crippen molar-refractivity contribution < 1.29 is 9.84 Å². The maximum Gasteiger partial charge on any atom is 0.155 e. The van der Waals surface area contributed by atoms with Gasteiger partial charge in [0.1, 0.15) is 6.33 Å². The first-order valence-corrected chi connectivity index (χ1v) is 9.71. The number of hydrogen-bond acceptors (Lipinski definition) is 5. The summed E-state index contributed by atoms with van der Waals surface area (Å²) in [6.07, 6.45) is 4.96. The zero-order chi connectivity index (χ0) is 18.4. The maximum absolute atomic E-state index is 10.4. The van der Waals surface area contributed by atoms with Crippen molar-refractivity contribution in [3.05, 3.63) is 30.2 Å². The van der Waals surface area contributed by atoms with Gasteiger partial charge in [0, 0.05) is 32.5 Å². The molecule has 0 aromatic carbocycles. The summed E-state index contributed by atoms with van der Waals surface area (Å²) < 4.78 is 8.51. The third kappa shape index (κ3) is 3.50. The van der Waals surface area contributed by atoms with Crippen molar-refractivity contribution in [2.24, 2.45) is 5.41 Å². The molecule has 2 aliphatic heterocycles. The van der Waals surface area contributed by atoms with E-state index in [0.717, 1.165) is 56.7 Å². The molecule has 0 radical (unpaired) electrons. The third-order valence-electron chi connectivity index (χ3n) is 5.98. The Labute approximate surface area is 155 Å². The minimum Gasteiger partial charge on any atom is -0.393 e. The van der Waals surface area contributed by atoms with Crippen molar-refractivity contribution >= 4 is 5.65 Å². The zero-order valence-electron chi connectivity index (χ0n) is 16.1. The first kappa shape index (κ1) is 17.9. The molecule has 0 aliphatic carbocycles. The summed E-state index contributed by atoms with van der Waals surface area (Å²) >= 11 is 0. The van der Waals surface area contributed by atoms with Gasteiger partial charge in [0.2, 0.25) is 0 Å². The van der Waals surface area contributed by atoms with E-state index in [4.69, 9.17) is 4.74 Å². The number of pyridine rings is 1. The molecule has 142 valence electrons. The highest BCUT2D eigenvalue weighted by molar-refractivity contribution is 5.37. The summed E-state index contributed by atoms with van der Waals surface area (Å²) in [5.41, 5.74) is 1.95. The monoisotopic (exact) mass is 358 g/mol. The lowest BCUT2D eigenvalue weighted by Crippen LogP contribution is -2.55. The second-order valence-electron chi connectivity index (χ2n) is 9.07. The van der Waals surface area contributed by atoms with E-state index in [1.54, 1.807) is 6.33 Å². The average Bonchev–Trinajstić information content (AvgIpc) is 3.05. The number of aliphatic hydroxyl groups excluding tert-OH is 1.